The van der Waals surface area contributed by atoms with Gasteiger partial charge in [0.2, 0.25) is 23.6 Å². The minimum absolute atomic E-state index is 0.00169. The van der Waals surface area contributed by atoms with Gasteiger partial charge in [-0.25, -0.2) is 35.1 Å². The van der Waals surface area contributed by atoms with Gasteiger partial charge in [0.15, 0.2) is 64.2 Å². The number of guanidine groups is 2. The van der Waals surface area contributed by atoms with Gasteiger partial charge in [0.1, 0.15) is 18.1 Å². The van der Waals surface area contributed by atoms with E-state index in [9.17, 15) is 24.0 Å². The van der Waals surface area contributed by atoms with Gasteiger partial charge in [-0.05, 0) is 32.7 Å². The maximum absolute atomic E-state index is 15.6. The Bertz CT molecular complexity index is 2030. The molecule has 342 valence electrons. The Morgan fingerprint density at radius 3 is 1.47 bits per heavy atom. The Hall–Kier alpha value is -5.37. The number of carbonyl (C=O) groups is 5. The maximum Gasteiger partial charge on any atom is 0.243 e. The van der Waals surface area contributed by atoms with Crippen LogP contribution in [-0.4, -0.2) is 104 Å². The minimum atomic E-state index is -2.48. The first-order valence-corrected chi connectivity index (χ1v) is 20.6. The molecule has 16 nitrogen and oxygen atoms in total. The average Bonchev–Trinajstić information content (AvgIpc) is 3.21. The molecule has 4 unspecified atom stereocenters. The quantitative estimate of drug-likeness (QED) is 0.0450. The predicted octanol–water partition coefficient (Wildman–Crippen LogP) is 1.16. The van der Waals surface area contributed by atoms with Crippen molar-refractivity contribution >= 4 is 64.9 Å². The summed E-state index contributed by atoms with van der Waals surface area (Å²) in [6, 6.07) is -6.47. The highest BCUT2D eigenvalue weighted by molar-refractivity contribution is 7.99. The van der Waals surface area contributed by atoms with E-state index in [0.29, 0.717) is 0 Å². The van der Waals surface area contributed by atoms with Crippen molar-refractivity contribution in [3.63, 3.8) is 0 Å². The fourth-order valence-corrected chi connectivity index (χ4v) is 7.67. The van der Waals surface area contributed by atoms with Crippen LogP contribution in [-0.2, 0) is 24.0 Å². The Morgan fingerprint density at radius 1 is 0.661 bits per heavy atom. The van der Waals surface area contributed by atoms with Crippen LogP contribution in [0.25, 0.3) is 11.1 Å². The van der Waals surface area contributed by atoms with E-state index in [0.717, 1.165) is 0 Å². The van der Waals surface area contributed by atoms with Gasteiger partial charge in [0.05, 0.1) is 33.5 Å². The first-order valence-electron chi connectivity index (χ1n) is 18.6. The van der Waals surface area contributed by atoms with Gasteiger partial charge < -0.3 is 49.5 Å². The first kappa shape index (κ1) is 51.0. The molecule has 0 spiro atoms. The summed E-state index contributed by atoms with van der Waals surface area (Å²) in [6.07, 6.45) is -0.408. The molecule has 3 aliphatic heterocycles. The number of halogens is 8. The van der Waals surface area contributed by atoms with E-state index in [1.807, 2.05) is 0 Å². The smallest absolute Gasteiger partial charge is 0.243 e. The van der Waals surface area contributed by atoms with Crippen LogP contribution in [0, 0.1) is 52.5 Å². The number of ketones is 1. The number of thioether (sulfide) groups is 2. The SMILES string of the molecule is CNC1CSc2c(F)c(F)c(c(F)c2F)-c2c(F)c(F)c(c(F)c2F)SCC(C(=O)NCC(=O)C(C)C)NC(=O)C(CCCN=C(N)N)NC(=O)C(CCCN=C(N)N)NC1=O. The van der Waals surface area contributed by atoms with Crippen LogP contribution < -0.4 is 49.5 Å². The summed E-state index contributed by atoms with van der Waals surface area (Å²) in [5.41, 5.74) is 17.2. The third-order valence-electron chi connectivity index (χ3n) is 9.02. The summed E-state index contributed by atoms with van der Waals surface area (Å²) < 4.78 is 124. The fraction of sp³-hybridized carbons (Fsp3) is 0.472. The molecule has 3 aliphatic rings. The number of benzene rings is 2. The molecule has 4 bridgehead atoms. The number of nitrogens with one attached hydrogen (secondary N) is 5. The second-order valence-corrected chi connectivity index (χ2v) is 15.9. The van der Waals surface area contributed by atoms with Gasteiger partial charge in [0.25, 0.3) is 0 Å². The zero-order chi connectivity index (χ0) is 46.6. The molecule has 62 heavy (non-hydrogen) atoms. The number of carbonyl (C=O) groups excluding carboxylic acids is 5. The molecule has 4 atom stereocenters. The summed E-state index contributed by atoms with van der Waals surface area (Å²) in [6.45, 7) is 2.28. The van der Waals surface area contributed by atoms with Crippen molar-refractivity contribution in [2.75, 3.05) is 38.2 Å². The number of amides is 4. The molecule has 2 aromatic rings. The molecule has 5 rings (SSSR count). The van der Waals surface area contributed by atoms with Crippen molar-refractivity contribution in [2.24, 2.45) is 38.8 Å². The third-order valence-corrected chi connectivity index (χ3v) is 11.3. The van der Waals surface area contributed by atoms with Gasteiger partial charge in [-0.15, -0.1) is 23.5 Å². The number of rotatable bonds is 13. The predicted molar refractivity (Wildman–Crippen MR) is 214 cm³/mol. The molecule has 0 saturated heterocycles. The second kappa shape index (κ2) is 23.2. The van der Waals surface area contributed by atoms with Crippen molar-refractivity contribution in [3.05, 3.63) is 46.5 Å². The van der Waals surface area contributed by atoms with Crippen molar-refractivity contribution in [2.45, 2.75) is 73.5 Å². The number of Topliss-reactive ketones (excluding diaryl/α,β-unsaturated/α-hetero) is 1. The molecule has 0 saturated carbocycles. The molecular formula is C36H45F8N11O5S2. The van der Waals surface area contributed by atoms with Gasteiger partial charge in [-0.2, -0.15) is 0 Å². The first-order chi connectivity index (χ1) is 29.1. The number of hydrogen-bond donors (Lipinski definition) is 9. The summed E-state index contributed by atoms with van der Waals surface area (Å²) in [4.78, 5) is 71.8. The Balaban J connectivity index is 2.25. The monoisotopic (exact) mass is 927 g/mol. The Kier molecular flexibility index (Phi) is 19.1. The Labute approximate surface area is 358 Å². The summed E-state index contributed by atoms with van der Waals surface area (Å²) in [5, 5.41) is 11.9. The molecule has 4 amide bonds. The fourth-order valence-electron chi connectivity index (χ4n) is 5.59. The van der Waals surface area contributed by atoms with Gasteiger partial charge in [-0.3, -0.25) is 34.0 Å². The lowest BCUT2D eigenvalue weighted by Gasteiger charge is -2.26. The molecule has 2 aromatic carbocycles. The van der Waals surface area contributed by atoms with E-state index >= 15 is 35.1 Å². The normalized spacial score (nSPS) is 18.9. The van der Waals surface area contributed by atoms with Gasteiger partial charge in [-0.1, -0.05) is 13.8 Å². The molecule has 26 heteroatoms. The summed E-state index contributed by atoms with van der Waals surface area (Å²) in [7, 11) is 1.21. The van der Waals surface area contributed by atoms with Crippen LogP contribution in [0.5, 0.6) is 0 Å². The highest BCUT2D eigenvalue weighted by Crippen LogP contribution is 2.42. The number of aliphatic imine (C=N–C) groups is 2. The average molecular weight is 928 g/mol. The van der Waals surface area contributed by atoms with Crippen LogP contribution in [0.2, 0.25) is 0 Å². The topological polar surface area (TPSA) is 274 Å². The van der Waals surface area contributed by atoms with E-state index < -0.39 is 145 Å². The summed E-state index contributed by atoms with van der Waals surface area (Å²) >= 11 is -0.0897. The molecule has 0 radical (unpaired) electrons. The molecule has 0 aliphatic carbocycles. The standard InChI is InChI=1S/C36H45F8N11O5S2/c1-13(2)18(56)10-52-31(57)17-12-62-30-27(43)23(39)20(24(40)28(30)44)19-21(37)25(41)29(26(42)22(19)38)61-11-16(49-3)34(60)54-14(6-4-8-50-35(45)46)32(58)53-15(33(59)55-17)7-5-9-51-36(47)48/h13-17,49H,4-12H2,1-3H3,(H,52,57)(H,53,58)(H,54,60)(H,55,59)(H4,45,46,50)(H4,47,48,51). The van der Waals surface area contributed by atoms with E-state index in [2.05, 4.69) is 36.6 Å². The Morgan fingerprint density at radius 2 is 1.06 bits per heavy atom. The zero-order valence-electron chi connectivity index (χ0n) is 33.3. The van der Waals surface area contributed by atoms with Crippen LogP contribution in [0.4, 0.5) is 35.1 Å². The molecule has 3 heterocycles. The van der Waals surface area contributed by atoms with Crippen molar-refractivity contribution in [1.82, 2.24) is 26.6 Å². The van der Waals surface area contributed by atoms with E-state index in [1.165, 1.54) is 20.9 Å². The number of fused-ring (bicyclic) bond motifs is 2. The third kappa shape index (κ3) is 13.1. The van der Waals surface area contributed by atoms with E-state index in [4.69, 9.17) is 22.9 Å². The molecular weight excluding hydrogens is 883 g/mol. The zero-order valence-corrected chi connectivity index (χ0v) is 35.0. The minimum Gasteiger partial charge on any atom is -0.370 e. The maximum atomic E-state index is 15.6. The van der Waals surface area contributed by atoms with Crippen molar-refractivity contribution in [1.29, 1.82) is 0 Å². The molecule has 0 aromatic heterocycles. The number of nitrogens with two attached hydrogens (primary N) is 4. The van der Waals surface area contributed by atoms with Gasteiger partial charge >= 0.3 is 0 Å². The highest BCUT2D eigenvalue weighted by Gasteiger charge is 2.37. The largest absolute Gasteiger partial charge is 0.370 e. The van der Waals surface area contributed by atoms with Gasteiger partial charge in [0, 0.05) is 30.5 Å². The van der Waals surface area contributed by atoms with Crippen molar-refractivity contribution in [3.8, 4) is 11.1 Å². The number of likely N-dealkylation sites (N-methyl/N-ethyl adjacent to an activating group) is 1. The van der Waals surface area contributed by atoms with Crippen LogP contribution >= 0.6 is 23.5 Å². The van der Waals surface area contributed by atoms with Crippen LogP contribution in [0.15, 0.2) is 19.8 Å². The molecule has 13 N–H and O–H groups in total. The number of nitrogens with zero attached hydrogens (tertiary/aromatic N) is 2. The summed E-state index contributed by atoms with van der Waals surface area (Å²) in [5.74, 6) is -26.6. The number of hydrogen-bond acceptors (Lipinski definition) is 10. The second-order valence-electron chi connectivity index (χ2n) is 13.8. The van der Waals surface area contributed by atoms with E-state index in [-0.39, 0.29) is 74.2 Å². The lowest BCUT2D eigenvalue weighted by atomic mass is 10.0. The lowest BCUT2D eigenvalue weighted by molar-refractivity contribution is -0.134. The van der Waals surface area contributed by atoms with E-state index in [1.54, 1.807) is 0 Å². The lowest BCUT2D eigenvalue weighted by Crippen LogP contribution is -2.58. The van der Waals surface area contributed by atoms with Crippen LogP contribution in [0.3, 0.4) is 0 Å². The van der Waals surface area contributed by atoms with Crippen molar-refractivity contribution < 1.29 is 59.1 Å². The highest BCUT2D eigenvalue weighted by atomic mass is 32.2. The molecule has 0 fully saturated rings. The van der Waals surface area contributed by atoms with Crippen LogP contribution in [0.1, 0.15) is 39.5 Å².